The second kappa shape index (κ2) is 11.1. The van der Waals surface area contributed by atoms with E-state index in [1.807, 2.05) is 0 Å². The first-order valence-corrected chi connectivity index (χ1v) is 9.94. The minimum absolute atomic E-state index is 0.121. The topological polar surface area (TPSA) is 29.1 Å². The molecule has 0 fully saturated rings. The van der Waals surface area contributed by atoms with Gasteiger partial charge in [-0.2, -0.15) is 0 Å². The summed E-state index contributed by atoms with van der Waals surface area (Å²) in [6.45, 7) is 15.3. The van der Waals surface area contributed by atoms with Gasteiger partial charge in [0.1, 0.15) is 0 Å². The average molecular weight is 344 g/mol. The molecule has 2 heteroatoms. The van der Waals surface area contributed by atoms with E-state index < -0.39 is 0 Å². The summed E-state index contributed by atoms with van der Waals surface area (Å²) in [6, 6.07) is 8.58. The van der Waals surface area contributed by atoms with E-state index in [0.717, 1.165) is 31.2 Å². The Morgan fingerprint density at radius 1 is 1.04 bits per heavy atom. The predicted molar refractivity (Wildman–Crippen MR) is 109 cm³/mol. The van der Waals surface area contributed by atoms with Crippen LogP contribution in [0.15, 0.2) is 36.4 Å². The zero-order valence-electron chi connectivity index (χ0n) is 16.9. The molecule has 1 N–H and O–H groups in total. The van der Waals surface area contributed by atoms with Crippen molar-refractivity contribution in [2.24, 2.45) is 11.8 Å². The molecule has 2 nitrogen and oxygen atoms in total. The van der Waals surface area contributed by atoms with E-state index in [9.17, 15) is 4.79 Å². The van der Waals surface area contributed by atoms with Gasteiger partial charge < -0.3 is 5.32 Å². The van der Waals surface area contributed by atoms with Gasteiger partial charge in [0.05, 0.1) is 6.42 Å². The third-order valence-electron chi connectivity index (χ3n) is 5.30. The van der Waals surface area contributed by atoms with Crippen LogP contribution in [0.25, 0.3) is 0 Å². The van der Waals surface area contributed by atoms with Gasteiger partial charge in [0.2, 0.25) is 5.91 Å². The summed E-state index contributed by atoms with van der Waals surface area (Å²) in [5.74, 6) is 1.26. The van der Waals surface area contributed by atoms with Crippen molar-refractivity contribution in [1.29, 1.82) is 0 Å². The van der Waals surface area contributed by atoms with Crippen molar-refractivity contribution < 1.29 is 4.79 Å². The quantitative estimate of drug-likeness (QED) is 0.513. The third-order valence-corrected chi connectivity index (χ3v) is 5.30. The van der Waals surface area contributed by atoms with Crippen LogP contribution in [0, 0.1) is 11.8 Å². The number of hydrogen-bond acceptors (Lipinski definition) is 1. The van der Waals surface area contributed by atoms with E-state index in [1.165, 1.54) is 17.6 Å². The molecule has 0 aromatic heterocycles. The first kappa shape index (κ1) is 21.5. The smallest absolute Gasteiger partial charge is 0.224 e. The van der Waals surface area contributed by atoms with Crippen LogP contribution < -0.4 is 5.32 Å². The van der Waals surface area contributed by atoms with Crippen LogP contribution in [0.1, 0.15) is 71.4 Å². The summed E-state index contributed by atoms with van der Waals surface area (Å²) in [5, 5.41) is 3.22. The van der Waals surface area contributed by atoms with Crippen molar-refractivity contribution in [3.63, 3.8) is 0 Å². The number of carbonyl (C=O) groups excluding carboxylic acids is 1. The molecule has 140 valence electrons. The normalized spacial score (nSPS) is 14.6. The number of carbonyl (C=O) groups is 1. The van der Waals surface area contributed by atoms with Crippen LogP contribution >= 0.6 is 0 Å². The molecular weight excluding hydrogens is 306 g/mol. The second-order valence-electron chi connectivity index (χ2n) is 7.53. The molecule has 0 radical (unpaired) electrons. The Labute approximate surface area is 155 Å². The Hall–Kier alpha value is -1.57. The van der Waals surface area contributed by atoms with Gasteiger partial charge in [-0.1, -0.05) is 77.5 Å². The van der Waals surface area contributed by atoms with Crippen molar-refractivity contribution >= 4 is 5.91 Å². The fourth-order valence-electron chi connectivity index (χ4n) is 3.07. The summed E-state index contributed by atoms with van der Waals surface area (Å²) in [4.78, 5) is 12.4. The molecule has 3 atom stereocenters. The molecule has 1 aromatic rings. The van der Waals surface area contributed by atoms with Crippen LogP contribution in [-0.2, 0) is 17.6 Å². The van der Waals surface area contributed by atoms with Gasteiger partial charge in [-0.05, 0) is 48.6 Å². The molecule has 0 saturated heterocycles. The van der Waals surface area contributed by atoms with Crippen molar-refractivity contribution in [2.45, 2.75) is 79.2 Å². The molecule has 0 aliphatic heterocycles. The maximum atomic E-state index is 12.4. The molecule has 0 spiro atoms. The predicted octanol–water partition coefficient (Wildman–Crippen LogP) is 5.70. The molecule has 0 aliphatic carbocycles. The minimum atomic E-state index is 0.121. The molecule has 1 aromatic carbocycles. The first-order chi connectivity index (χ1) is 11.9. The van der Waals surface area contributed by atoms with Crippen LogP contribution in [0.5, 0.6) is 0 Å². The minimum Gasteiger partial charge on any atom is -0.353 e. The van der Waals surface area contributed by atoms with E-state index in [0.29, 0.717) is 18.3 Å². The monoisotopic (exact) mass is 343 g/mol. The summed E-state index contributed by atoms with van der Waals surface area (Å²) < 4.78 is 0. The lowest BCUT2D eigenvalue weighted by atomic mass is 9.87. The van der Waals surface area contributed by atoms with Gasteiger partial charge in [-0.25, -0.2) is 0 Å². The molecule has 1 rings (SSSR count). The van der Waals surface area contributed by atoms with Crippen LogP contribution in [0.2, 0.25) is 0 Å². The number of benzene rings is 1. The van der Waals surface area contributed by atoms with E-state index in [-0.39, 0.29) is 11.9 Å². The van der Waals surface area contributed by atoms with E-state index in [2.05, 4.69) is 70.8 Å². The summed E-state index contributed by atoms with van der Waals surface area (Å²) in [7, 11) is 0. The summed E-state index contributed by atoms with van der Waals surface area (Å²) in [6.07, 6.45) is 5.71. The number of amides is 1. The Balaban J connectivity index is 2.50. The van der Waals surface area contributed by atoms with Crippen molar-refractivity contribution in [1.82, 2.24) is 5.32 Å². The highest BCUT2D eigenvalue weighted by atomic mass is 16.1. The molecule has 0 bridgehead atoms. The van der Waals surface area contributed by atoms with Crippen molar-refractivity contribution in [3.8, 4) is 0 Å². The molecule has 0 heterocycles. The van der Waals surface area contributed by atoms with E-state index in [4.69, 9.17) is 0 Å². The maximum absolute atomic E-state index is 12.4. The number of nitrogens with one attached hydrogen (secondary N) is 1. The van der Waals surface area contributed by atoms with Gasteiger partial charge >= 0.3 is 0 Å². The summed E-state index contributed by atoms with van der Waals surface area (Å²) >= 11 is 0. The largest absolute Gasteiger partial charge is 0.353 e. The zero-order chi connectivity index (χ0) is 18.8. The van der Waals surface area contributed by atoms with E-state index in [1.54, 1.807) is 0 Å². The molecular formula is C23H37NO. The van der Waals surface area contributed by atoms with E-state index >= 15 is 0 Å². The van der Waals surface area contributed by atoms with Crippen LogP contribution in [0.3, 0.4) is 0 Å². The Bertz CT molecular complexity index is 532. The number of hydrogen-bond donors (Lipinski definition) is 1. The molecule has 0 saturated carbocycles. The maximum Gasteiger partial charge on any atom is 0.224 e. The van der Waals surface area contributed by atoms with Crippen LogP contribution in [-0.4, -0.2) is 11.9 Å². The zero-order valence-corrected chi connectivity index (χ0v) is 16.9. The lowest BCUT2D eigenvalue weighted by Gasteiger charge is -2.24. The Morgan fingerprint density at radius 3 is 2.16 bits per heavy atom. The van der Waals surface area contributed by atoms with Crippen molar-refractivity contribution in [2.75, 3.05) is 0 Å². The van der Waals surface area contributed by atoms with Gasteiger partial charge in [0, 0.05) is 6.04 Å². The molecule has 25 heavy (non-hydrogen) atoms. The van der Waals surface area contributed by atoms with Gasteiger partial charge in [-0.3, -0.25) is 4.79 Å². The fraction of sp³-hybridized carbons (Fsp3) is 0.609. The Morgan fingerprint density at radius 2 is 1.64 bits per heavy atom. The number of aryl methyl sites for hydroxylation is 1. The average Bonchev–Trinajstić information content (AvgIpc) is 2.61. The highest BCUT2D eigenvalue weighted by Gasteiger charge is 2.17. The highest BCUT2D eigenvalue weighted by molar-refractivity contribution is 5.78. The molecule has 1 amide bonds. The number of rotatable bonds is 11. The van der Waals surface area contributed by atoms with Gasteiger partial charge in [-0.15, -0.1) is 0 Å². The first-order valence-electron chi connectivity index (χ1n) is 9.94. The molecule has 0 aliphatic rings. The third kappa shape index (κ3) is 7.90. The van der Waals surface area contributed by atoms with Crippen LogP contribution in [0.4, 0.5) is 0 Å². The van der Waals surface area contributed by atoms with Gasteiger partial charge in [0.25, 0.3) is 0 Å². The summed E-state index contributed by atoms with van der Waals surface area (Å²) in [5.41, 5.74) is 3.71. The fourth-order valence-corrected chi connectivity index (χ4v) is 3.07. The standard InChI is InChI=1S/C23H37NO/c1-7-17(4)14-18(5)19(6)15-22(9-3)24-23(25)16-21-12-10-20(8-2)11-13-21/h10-13,17,19,22H,5,7-9,14-16H2,1-4,6H3,(H,24,25)/t17?,19?,22-/m0/s1. The van der Waals surface area contributed by atoms with Crippen molar-refractivity contribution in [3.05, 3.63) is 47.5 Å². The highest BCUT2D eigenvalue weighted by Crippen LogP contribution is 2.24. The Kier molecular flexibility index (Phi) is 9.55. The lowest BCUT2D eigenvalue weighted by Crippen LogP contribution is -2.36. The second-order valence-corrected chi connectivity index (χ2v) is 7.53. The number of allylic oxidation sites excluding steroid dienone is 1. The molecule has 2 unspecified atom stereocenters. The lowest BCUT2D eigenvalue weighted by molar-refractivity contribution is -0.121. The van der Waals surface area contributed by atoms with Gasteiger partial charge in [0.15, 0.2) is 0 Å². The SMILES string of the molecule is C=C(CC(C)CC)C(C)C[C@H](CC)NC(=O)Cc1ccc(CC)cc1.